The Morgan fingerprint density at radius 2 is 1.67 bits per heavy atom. The van der Waals surface area contributed by atoms with Crippen molar-refractivity contribution < 1.29 is 0 Å². The normalized spacial score (nSPS) is 15.4. The molecule has 2 atom stereocenters. The van der Waals surface area contributed by atoms with E-state index in [1.165, 1.54) is 17.5 Å². The maximum absolute atomic E-state index is 3.45. The van der Waals surface area contributed by atoms with Crippen molar-refractivity contribution in [3.63, 3.8) is 0 Å². The van der Waals surface area contributed by atoms with E-state index in [0.717, 1.165) is 12.3 Å². The molecule has 0 radical (unpaired) electrons. The smallest absolute Gasteiger partial charge is 0.0130 e. The van der Waals surface area contributed by atoms with E-state index >= 15 is 0 Å². The molecule has 1 aromatic rings. The summed E-state index contributed by atoms with van der Waals surface area (Å²) < 4.78 is 0. The average Bonchev–Trinajstić information content (AvgIpc) is 2.34. The van der Waals surface area contributed by atoms with Crippen LogP contribution in [-0.4, -0.2) is 13.1 Å². The topological polar surface area (TPSA) is 12.0 Å². The number of likely N-dealkylation sites (N-methyl/N-ethyl adjacent to an activating group) is 1. The van der Waals surface area contributed by atoms with E-state index in [0.29, 0.717) is 6.04 Å². The summed E-state index contributed by atoms with van der Waals surface area (Å²) in [6.07, 6.45) is 2.35. The maximum atomic E-state index is 3.45. The van der Waals surface area contributed by atoms with Crippen LogP contribution in [0.25, 0.3) is 0 Å². The van der Waals surface area contributed by atoms with Gasteiger partial charge < -0.3 is 5.32 Å². The Morgan fingerprint density at radius 1 is 1.11 bits per heavy atom. The summed E-state index contributed by atoms with van der Waals surface area (Å²) in [5.74, 6) is 0.720. The zero-order valence-electron chi connectivity index (χ0n) is 12.9. The van der Waals surface area contributed by atoms with E-state index < -0.39 is 0 Å². The molecule has 102 valence electrons. The van der Waals surface area contributed by atoms with Gasteiger partial charge in [-0.15, -0.1) is 0 Å². The monoisotopic (exact) mass is 247 g/mol. The molecule has 0 spiro atoms. The van der Waals surface area contributed by atoms with Gasteiger partial charge in [-0.3, -0.25) is 0 Å². The fraction of sp³-hybridized carbons (Fsp3) is 0.647. The summed E-state index contributed by atoms with van der Waals surface area (Å²) in [7, 11) is 2.07. The minimum absolute atomic E-state index is 0.248. The number of benzene rings is 1. The molecule has 0 aliphatic carbocycles. The minimum Gasteiger partial charge on any atom is -0.316 e. The summed E-state index contributed by atoms with van der Waals surface area (Å²) in [5, 5.41) is 3.45. The molecule has 18 heavy (non-hydrogen) atoms. The van der Waals surface area contributed by atoms with Crippen molar-refractivity contribution in [2.75, 3.05) is 7.05 Å². The Kier molecular flexibility index (Phi) is 5.40. The number of hydrogen-bond acceptors (Lipinski definition) is 1. The van der Waals surface area contributed by atoms with Crippen molar-refractivity contribution in [1.29, 1.82) is 0 Å². The lowest BCUT2D eigenvalue weighted by Gasteiger charge is -2.23. The van der Waals surface area contributed by atoms with Gasteiger partial charge in [-0.1, -0.05) is 65.3 Å². The largest absolute Gasteiger partial charge is 0.316 e. The van der Waals surface area contributed by atoms with E-state index in [2.05, 4.69) is 71.2 Å². The van der Waals surface area contributed by atoms with Crippen LogP contribution in [0.5, 0.6) is 0 Å². The highest BCUT2D eigenvalue weighted by molar-refractivity contribution is 5.28. The van der Waals surface area contributed by atoms with Crippen LogP contribution < -0.4 is 5.32 Å². The van der Waals surface area contributed by atoms with Crippen LogP contribution in [-0.2, 0) is 11.8 Å². The SMILES string of the molecule is CCC(C)C(Cc1ccc(C(C)(C)C)cc1)NC. The van der Waals surface area contributed by atoms with Crippen molar-refractivity contribution in [3.05, 3.63) is 35.4 Å². The molecular formula is C17H29N. The summed E-state index contributed by atoms with van der Waals surface area (Å²) in [5.41, 5.74) is 3.09. The van der Waals surface area contributed by atoms with Crippen LogP contribution in [0.1, 0.15) is 52.2 Å². The standard InChI is InChI=1S/C17H29N/c1-7-13(2)16(18-6)12-14-8-10-15(11-9-14)17(3,4)5/h8-11,13,16,18H,7,12H2,1-6H3. The highest BCUT2D eigenvalue weighted by Crippen LogP contribution is 2.23. The Hall–Kier alpha value is -0.820. The van der Waals surface area contributed by atoms with E-state index in [-0.39, 0.29) is 5.41 Å². The molecule has 2 unspecified atom stereocenters. The third-order valence-electron chi connectivity index (χ3n) is 3.98. The second-order valence-corrected chi connectivity index (χ2v) is 6.43. The van der Waals surface area contributed by atoms with Gasteiger partial charge in [0.25, 0.3) is 0 Å². The Balaban J connectivity index is 2.74. The van der Waals surface area contributed by atoms with E-state index in [9.17, 15) is 0 Å². The molecule has 1 heteroatoms. The van der Waals surface area contributed by atoms with Crippen LogP contribution in [0.15, 0.2) is 24.3 Å². The number of rotatable bonds is 5. The number of nitrogens with one attached hydrogen (secondary N) is 1. The summed E-state index contributed by atoms with van der Waals surface area (Å²) in [6, 6.07) is 9.70. The van der Waals surface area contributed by atoms with Gasteiger partial charge in [-0.2, -0.15) is 0 Å². The molecule has 1 aromatic carbocycles. The van der Waals surface area contributed by atoms with Crippen molar-refractivity contribution in [1.82, 2.24) is 5.32 Å². The van der Waals surface area contributed by atoms with E-state index in [4.69, 9.17) is 0 Å². The molecule has 0 aliphatic heterocycles. The molecule has 1 N–H and O–H groups in total. The van der Waals surface area contributed by atoms with Gasteiger partial charge in [-0.25, -0.2) is 0 Å². The predicted molar refractivity (Wildman–Crippen MR) is 81.1 cm³/mol. The van der Waals surface area contributed by atoms with E-state index in [1.807, 2.05) is 0 Å². The lowest BCUT2D eigenvalue weighted by atomic mass is 9.85. The average molecular weight is 247 g/mol. The molecule has 0 saturated carbocycles. The highest BCUT2D eigenvalue weighted by Gasteiger charge is 2.16. The first-order valence-electron chi connectivity index (χ1n) is 7.15. The molecule has 0 heterocycles. The zero-order chi connectivity index (χ0) is 13.8. The Labute approximate surface area is 113 Å². The third kappa shape index (κ3) is 4.13. The fourth-order valence-corrected chi connectivity index (χ4v) is 2.27. The molecular weight excluding hydrogens is 218 g/mol. The first-order valence-corrected chi connectivity index (χ1v) is 7.15. The van der Waals surface area contributed by atoms with Gasteiger partial charge in [0.15, 0.2) is 0 Å². The van der Waals surface area contributed by atoms with Gasteiger partial charge in [0.1, 0.15) is 0 Å². The van der Waals surface area contributed by atoms with Gasteiger partial charge in [0.05, 0.1) is 0 Å². The molecule has 1 nitrogen and oxygen atoms in total. The highest BCUT2D eigenvalue weighted by atomic mass is 14.9. The van der Waals surface area contributed by atoms with Crippen LogP contribution in [0.3, 0.4) is 0 Å². The lowest BCUT2D eigenvalue weighted by Crippen LogP contribution is -2.33. The quantitative estimate of drug-likeness (QED) is 0.824. The number of hydrogen-bond donors (Lipinski definition) is 1. The van der Waals surface area contributed by atoms with Gasteiger partial charge in [-0.05, 0) is 35.9 Å². The maximum Gasteiger partial charge on any atom is 0.0130 e. The van der Waals surface area contributed by atoms with E-state index in [1.54, 1.807) is 0 Å². The molecule has 0 saturated heterocycles. The van der Waals surface area contributed by atoms with Crippen molar-refractivity contribution in [2.45, 2.75) is 58.9 Å². The second-order valence-electron chi connectivity index (χ2n) is 6.43. The third-order valence-corrected chi connectivity index (χ3v) is 3.98. The predicted octanol–water partition coefficient (Wildman–Crippen LogP) is 4.16. The van der Waals surface area contributed by atoms with Crippen LogP contribution in [0.2, 0.25) is 0 Å². The zero-order valence-corrected chi connectivity index (χ0v) is 12.9. The Morgan fingerprint density at radius 3 is 2.06 bits per heavy atom. The molecule has 0 aromatic heterocycles. The van der Waals surface area contributed by atoms with Crippen LogP contribution in [0.4, 0.5) is 0 Å². The van der Waals surface area contributed by atoms with Crippen molar-refractivity contribution in [2.24, 2.45) is 5.92 Å². The minimum atomic E-state index is 0.248. The van der Waals surface area contributed by atoms with Crippen molar-refractivity contribution in [3.8, 4) is 0 Å². The summed E-state index contributed by atoms with van der Waals surface area (Å²) >= 11 is 0. The molecule has 0 fully saturated rings. The van der Waals surface area contributed by atoms with Crippen molar-refractivity contribution >= 4 is 0 Å². The summed E-state index contributed by atoms with van der Waals surface area (Å²) in [4.78, 5) is 0. The lowest BCUT2D eigenvalue weighted by molar-refractivity contribution is 0.386. The second kappa shape index (κ2) is 6.38. The van der Waals surface area contributed by atoms with Gasteiger partial charge >= 0.3 is 0 Å². The first-order chi connectivity index (χ1) is 8.38. The van der Waals surface area contributed by atoms with Crippen LogP contribution >= 0.6 is 0 Å². The van der Waals surface area contributed by atoms with Gasteiger partial charge in [0, 0.05) is 6.04 Å². The molecule has 0 aliphatic rings. The first kappa shape index (κ1) is 15.2. The fourth-order valence-electron chi connectivity index (χ4n) is 2.27. The summed E-state index contributed by atoms with van der Waals surface area (Å²) in [6.45, 7) is 11.4. The van der Waals surface area contributed by atoms with Crippen LogP contribution in [0, 0.1) is 5.92 Å². The Bertz CT molecular complexity index is 345. The molecule has 1 rings (SSSR count). The molecule has 0 bridgehead atoms. The van der Waals surface area contributed by atoms with Gasteiger partial charge in [0.2, 0.25) is 0 Å². The molecule has 0 amide bonds.